The molecule has 0 fully saturated rings. The summed E-state index contributed by atoms with van der Waals surface area (Å²) in [5.41, 5.74) is 0.297. The minimum atomic E-state index is -3.80. The Morgan fingerprint density at radius 3 is 2.65 bits per heavy atom. The van der Waals surface area contributed by atoms with Crippen molar-refractivity contribution < 1.29 is 13.5 Å². The van der Waals surface area contributed by atoms with Crippen molar-refractivity contribution >= 4 is 44.6 Å². The van der Waals surface area contributed by atoms with Crippen LogP contribution in [0, 0.1) is 0 Å². The van der Waals surface area contributed by atoms with Crippen molar-refractivity contribution in [2.45, 2.75) is 18.0 Å². The number of rotatable bonds is 5. The zero-order valence-corrected chi connectivity index (χ0v) is 13.2. The highest BCUT2D eigenvalue weighted by Gasteiger charge is 2.20. The molecule has 1 aromatic carbocycles. The van der Waals surface area contributed by atoms with Gasteiger partial charge in [0.25, 0.3) is 0 Å². The Labute approximate surface area is 130 Å². The molecule has 0 radical (unpaired) electrons. The van der Waals surface area contributed by atoms with Crippen LogP contribution in [0.2, 0.25) is 10.0 Å². The first-order chi connectivity index (χ1) is 9.44. The van der Waals surface area contributed by atoms with E-state index in [1.165, 1.54) is 23.5 Å². The van der Waals surface area contributed by atoms with Gasteiger partial charge in [-0.25, -0.2) is 18.1 Å². The van der Waals surface area contributed by atoms with Crippen LogP contribution in [0.3, 0.4) is 0 Å². The summed E-state index contributed by atoms with van der Waals surface area (Å²) in [6, 6.07) is 2.56. The number of aliphatic hydroxyl groups excluding tert-OH is 1. The van der Waals surface area contributed by atoms with Gasteiger partial charge in [0.1, 0.15) is 9.90 Å². The highest BCUT2D eigenvalue weighted by molar-refractivity contribution is 7.89. The Kier molecular flexibility index (Phi) is 5.00. The van der Waals surface area contributed by atoms with E-state index in [1.807, 2.05) is 0 Å². The Balaban J connectivity index is 2.29. The molecular formula is C11H10Cl2N2O3S2. The molecule has 9 heteroatoms. The number of nitrogens with one attached hydrogen (secondary N) is 1. The zero-order chi connectivity index (χ0) is 14.8. The van der Waals surface area contributed by atoms with Crippen molar-refractivity contribution in [3.63, 3.8) is 0 Å². The van der Waals surface area contributed by atoms with Crippen LogP contribution in [0.5, 0.6) is 0 Å². The SMILES string of the molecule is O=S(=O)(NCc1nccs1)c1cc(CO)c(Cl)cc1Cl. The van der Waals surface area contributed by atoms with Crippen LogP contribution in [-0.2, 0) is 23.2 Å². The van der Waals surface area contributed by atoms with E-state index in [4.69, 9.17) is 28.3 Å². The van der Waals surface area contributed by atoms with Crippen LogP contribution in [0.25, 0.3) is 0 Å². The number of thiazole rings is 1. The lowest BCUT2D eigenvalue weighted by molar-refractivity contribution is 0.281. The van der Waals surface area contributed by atoms with Crippen LogP contribution >= 0.6 is 34.5 Å². The minimum absolute atomic E-state index is 0.00108. The quantitative estimate of drug-likeness (QED) is 0.865. The van der Waals surface area contributed by atoms with Crippen molar-refractivity contribution in [1.82, 2.24) is 9.71 Å². The molecular weight excluding hydrogens is 343 g/mol. The maximum atomic E-state index is 12.2. The first kappa shape index (κ1) is 15.7. The molecule has 0 aliphatic rings. The van der Waals surface area contributed by atoms with Crippen molar-refractivity contribution in [2.24, 2.45) is 0 Å². The van der Waals surface area contributed by atoms with Gasteiger partial charge in [0, 0.05) is 16.6 Å². The van der Waals surface area contributed by atoms with Crippen LogP contribution in [0.15, 0.2) is 28.6 Å². The molecule has 20 heavy (non-hydrogen) atoms. The topological polar surface area (TPSA) is 79.3 Å². The highest BCUT2D eigenvalue weighted by atomic mass is 35.5. The van der Waals surface area contributed by atoms with E-state index in [2.05, 4.69) is 9.71 Å². The fourth-order valence-electron chi connectivity index (χ4n) is 1.47. The third kappa shape index (κ3) is 3.49. The third-order valence-corrected chi connectivity index (χ3v) is 5.46. The molecule has 0 amide bonds. The molecule has 2 N–H and O–H groups in total. The average Bonchev–Trinajstić information content (AvgIpc) is 2.89. The van der Waals surface area contributed by atoms with Gasteiger partial charge in [0.15, 0.2) is 0 Å². The van der Waals surface area contributed by atoms with Gasteiger partial charge in [-0.05, 0) is 17.7 Å². The second-order valence-electron chi connectivity index (χ2n) is 3.78. The monoisotopic (exact) mass is 352 g/mol. The first-order valence-electron chi connectivity index (χ1n) is 5.41. The third-order valence-electron chi connectivity index (χ3n) is 2.46. The number of benzene rings is 1. The molecule has 2 aromatic rings. The minimum Gasteiger partial charge on any atom is -0.392 e. The first-order valence-corrected chi connectivity index (χ1v) is 8.52. The summed E-state index contributed by atoms with van der Waals surface area (Å²) in [4.78, 5) is 3.86. The predicted octanol–water partition coefficient (Wildman–Crippen LogP) is 2.42. The van der Waals surface area contributed by atoms with E-state index in [0.29, 0.717) is 10.6 Å². The Morgan fingerprint density at radius 1 is 1.30 bits per heavy atom. The molecule has 1 aromatic heterocycles. The summed E-state index contributed by atoms with van der Waals surface area (Å²) in [5, 5.41) is 11.7. The molecule has 0 aliphatic heterocycles. The van der Waals surface area contributed by atoms with Gasteiger partial charge in [-0.3, -0.25) is 0 Å². The van der Waals surface area contributed by atoms with Crippen molar-refractivity contribution in [1.29, 1.82) is 0 Å². The van der Waals surface area contributed by atoms with Crippen LogP contribution < -0.4 is 4.72 Å². The van der Waals surface area contributed by atoms with Crippen LogP contribution in [0.4, 0.5) is 0 Å². The smallest absolute Gasteiger partial charge is 0.242 e. The molecule has 1 heterocycles. The van der Waals surface area contributed by atoms with Gasteiger partial charge in [0.05, 0.1) is 18.2 Å². The van der Waals surface area contributed by atoms with Crippen molar-refractivity contribution in [3.8, 4) is 0 Å². The molecule has 0 saturated heterocycles. The summed E-state index contributed by atoms with van der Waals surface area (Å²) >= 11 is 13.1. The second kappa shape index (κ2) is 6.38. The van der Waals surface area contributed by atoms with Crippen molar-refractivity contribution in [2.75, 3.05) is 0 Å². The Bertz CT molecular complexity index is 703. The van der Waals surface area contributed by atoms with Gasteiger partial charge < -0.3 is 5.11 Å². The van der Waals surface area contributed by atoms with Gasteiger partial charge in [-0.2, -0.15) is 0 Å². The molecule has 5 nitrogen and oxygen atoms in total. The number of halogens is 2. The zero-order valence-electron chi connectivity index (χ0n) is 10.0. The number of hydrogen-bond donors (Lipinski definition) is 2. The average molecular weight is 353 g/mol. The summed E-state index contributed by atoms with van der Waals surface area (Å²) in [5.74, 6) is 0. The van der Waals surface area contributed by atoms with E-state index in [9.17, 15) is 8.42 Å². The maximum absolute atomic E-state index is 12.2. The van der Waals surface area contributed by atoms with Gasteiger partial charge in [0.2, 0.25) is 10.0 Å². The van der Waals surface area contributed by atoms with Crippen LogP contribution in [0.1, 0.15) is 10.6 Å². The Hall–Kier alpha value is -0.700. The molecule has 0 bridgehead atoms. The lowest BCUT2D eigenvalue weighted by Gasteiger charge is -2.10. The molecule has 0 aliphatic carbocycles. The maximum Gasteiger partial charge on any atom is 0.242 e. The van der Waals surface area contributed by atoms with E-state index in [-0.39, 0.29) is 28.1 Å². The molecule has 2 rings (SSSR count). The number of aromatic nitrogens is 1. The number of sulfonamides is 1. The van der Waals surface area contributed by atoms with Gasteiger partial charge in [-0.15, -0.1) is 11.3 Å². The summed E-state index contributed by atoms with van der Waals surface area (Å²) in [7, 11) is -3.80. The molecule has 0 saturated carbocycles. The van der Waals surface area contributed by atoms with E-state index < -0.39 is 10.0 Å². The standard InChI is InChI=1S/C11H10Cl2N2O3S2/c12-8-4-9(13)10(3-7(8)6-16)20(17,18)15-5-11-14-1-2-19-11/h1-4,15-16H,5-6H2. The van der Waals surface area contributed by atoms with E-state index in [0.717, 1.165) is 0 Å². The lowest BCUT2D eigenvalue weighted by atomic mass is 10.2. The molecule has 108 valence electrons. The number of nitrogens with zero attached hydrogens (tertiary/aromatic N) is 1. The largest absolute Gasteiger partial charge is 0.392 e. The van der Waals surface area contributed by atoms with E-state index >= 15 is 0 Å². The second-order valence-corrected chi connectivity index (χ2v) is 7.31. The van der Waals surface area contributed by atoms with E-state index in [1.54, 1.807) is 11.6 Å². The van der Waals surface area contributed by atoms with Gasteiger partial charge in [-0.1, -0.05) is 23.2 Å². The van der Waals surface area contributed by atoms with Crippen molar-refractivity contribution in [3.05, 3.63) is 44.3 Å². The Morgan fingerprint density at radius 2 is 2.05 bits per heavy atom. The van der Waals surface area contributed by atoms with Gasteiger partial charge >= 0.3 is 0 Å². The summed E-state index contributed by atoms with van der Waals surface area (Å²) < 4.78 is 26.8. The summed E-state index contributed by atoms with van der Waals surface area (Å²) in [6.45, 7) is -0.293. The number of hydrogen-bond acceptors (Lipinski definition) is 5. The molecule has 0 unspecified atom stereocenters. The fourth-order valence-corrected chi connectivity index (χ4v) is 3.96. The predicted molar refractivity (Wildman–Crippen MR) is 78.5 cm³/mol. The van der Waals surface area contributed by atoms with Crippen LogP contribution in [-0.4, -0.2) is 18.5 Å². The lowest BCUT2D eigenvalue weighted by Crippen LogP contribution is -2.23. The molecule has 0 atom stereocenters. The normalized spacial score (nSPS) is 11.8. The molecule has 0 spiro atoms. The fraction of sp³-hybridized carbons (Fsp3) is 0.182. The highest BCUT2D eigenvalue weighted by Crippen LogP contribution is 2.28. The summed E-state index contributed by atoms with van der Waals surface area (Å²) in [6.07, 6.45) is 1.59. The number of aliphatic hydroxyl groups is 1.